The Kier molecular flexibility index (Phi) is 4.54. The summed E-state index contributed by atoms with van der Waals surface area (Å²) < 4.78 is 14.0. The van der Waals surface area contributed by atoms with Crippen LogP contribution in [0.3, 0.4) is 0 Å². The molecule has 2 rings (SSSR count). The standard InChI is InChI=1S/C14H20FN3O2/c1-16-10-3-5-11(6-4-10)17(2)14-8-7-12(18(19)20)9-13(14)15/h7-11,16H,3-6H2,1-2H3. The van der Waals surface area contributed by atoms with Crippen LogP contribution >= 0.6 is 0 Å². The van der Waals surface area contributed by atoms with E-state index in [-0.39, 0.29) is 11.7 Å². The van der Waals surface area contributed by atoms with Crippen molar-refractivity contribution in [3.8, 4) is 0 Å². The van der Waals surface area contributed by atoms with E-state index in [2.05, 4.69) is 5.32 Å². The summed E-state index contributed by atoms with van der Waals surface area (Å²) in [6, 6.07) is 4.67. The van der Waals surface area contributed by atoms with Crippen LogP contribution in [0.4, 0.5) is 15.8 Å². The van der Waals surface area contributed by atoms with Crippen LogP contribution in [0.25, 0.3) is 0 Å². The van der Waals surface area contributed by atoms with Gasteiger partial charge in [0.2, 0.25) is 0 Å². The molecule has 110 valence electrons. The molecule has 1 aromatic rings. The van der Waals surface area contributed by atoms with Crippen LogP contribution in [0.15, 0.2) is 18.2 Å². The number of nitro benzene ring substituents is 1. The predicted molar refractivity (Wildman–Crippen MR) is 76.6 cm³/mol. The maximum absolute atomic E-state index is 14.0. The second kappa shape index (κ2) is 6.17. The predicted octanol–water partition coefficient (Wildman–Crippen LogP) is 2.70. The third kappa shape index (κ3) is 3.07. The number of nitro groups is 1. The number of anilines is 1. The Morgan fingerprint density at radius 2 is 2.00 bits per heavy atom. The van der Waals surface area contributed by atoms with Crippen LogP contribution in [-0.4, -0.2) is 31.1 Å². The van der Waals surface area contributed by atoms with Crippen molar-refractivity contribution in [1.82, 2.24) is 5.32 Å². The van der Waals surface area contributed by atoms with Gasteiger partial charge in [-0.2, -0.15) is 0 Å². The molecule has 0 radical (unpaired) electrons. The molecule has 1 aromatic carbocycles. The summed E-state index contributed by atoms with van der Waals surface area (Å²) >= 11 is 0. The molecule has 1 N–H and O–H groups in total. The van der Waals surface area contributed by atoms with Crippen LogP contribution in [0, 0.1) is 15.9 Å². The average Bonchev–Trinajstić information content (AvgIpc) is 2.46. The van der Waals surface area contributed by atoms with E-state index in [1.54, 1.807) is 0 Å². The number of halogens is 1. The Labute approximate surface area is 117 Å². The molecule has 0 aliphatic heterocycles. The smallest absolute Gasteiger partial charge is 0.272 e. The van der Waals surface area contributed by atoms with E-state index in [0.717, 1.165) is 31.7 Å². The summed E-state index contributed by atoms with van der Waals surface area (Å²) in [5.41, 5.74) is 0.224. The van der Waals surface area contributed by atoms with Crippen LogP contribution < -0.4 is 10.2 Å². The molecular weight excluding hydrogens is 261 g/mol. The minimum absolute atomic E-state index is 0.210. The molecule has 0 amide bonds. The number of non-ortho nitro benzene ring substituents is 1. The van der Waals surface area contributed by atoms with E-state index in [4.69, 9.17) is 0 Å². The lowest BCUT2D eigenvalue weighted by atomic mass is 9.90. The van der Waals surface area contributed by atoms with Crippen molar-refractivity contribution >= 4 is 11.4 Å². The number of nitrogens with zero attached hydrogens (tertiary/aromatic N) is 2. The lowest BCUT2D eigenvalue weighted by Gasteiger charge is -2.36. The first-order valence-corrected chi connectivity index (χ1v) is 6.87. The molecule has 5 nitrogen and oxygen atoms in total. The minimum atomic E-state index is -0.578. The van der Waals surface area contributed by atoms with Crippen LogP contribution in [-0.2, 0) is 0 Å². The zero-order valence-electron chi connectivity index (χ0n) is 11.8. The third-order valence-electron chi connectivity index (χ3n) is 4.17. The maximum atomic E-state index is 14.0. The van der Waals surface area contributed by atoms with Crippen LogP contribution in [0.1, 0.15) is 25.7 Å². The average molecular weight is 281 g/mol. The van der Waals surface area contributed by atoms with E-state index in [0.29, 0.717) is 11.7 Å². The number of hydrogen-bond donors (Lipinski definition) is 1. The van der Waals surface area contributed by atoms with Gasteiger partial charge in [-0.1, -0.05) is 0 Å². The van der Waals surface area contributed by atoms with Crippen LogP contribution in [0.2, 0.25) is 0 Å². The van der Waals surface area contributed by atoms with Crippen molar-refractivity contribution in [1.29, 1.82) is 0 Å². The quantitative estimate of drug-likeness (QED) is 0.681. The second-order valence-electron chi connectivity index (χ2n) is 5.30. The van der Waals surface area contributed by atoms with Gasteiger partial charge in [0, 0.05) is 25.2 Å². The summed E-state index contributed by atoms with van der Waals surface area (Å²) in [6.07, 6.45) is 4.14. The number of benzene rings is 1. The highest BCUT2D eigenvalue weighted by molar-refractivity contribution is 5.52. The van der Waals surface area contributed by atoms with E-state index >= 15 is 0 Å². The van der Waals surface area contributed by atoms with Gasteiger partial charge in [-0.3, -0.25) is 10.1 Å². The largest absolute Gasteiger partial charge is 0.369 e. The lowest BCUT2D eigenvalue weighted by Crippen LogP contribution is -2.40. The zero-order chi connectivity index (χ0) is 14.7. The van der Waals surface area contributed by atoms with Crippen molar-refractivity contribution in [2.75, 3.05) is 19.0 Å². The summed E-state index contributed by atoms with van der Waals surface area (Å²) in [5.74, 6) is -0.530. The third-order valence-corrected chi connectivity index (χ3v) is 4.17. The zero-order valence-corrected chi connectivity index (χ0v) is 11.8. The first kappa shape index (κ1) is 14.7. The van der Waals surface area contributed by atoms with Gasteiger partial charge in [-0.25, -0.2) is 4.39 Å². The highest BCUT2D eigenvalue weighted by Gasteiger charge is 2.25. The molecule has 0 atom stereocenters. The first-order chi connectivity index (χ1) is 9.52. The fraction of sp³-hybridized carbons (Fsp3) is 0.571. The summed E-state index contributed by atoms with van der Waals surface area (Å²) in [4.78, 5) is 12.0. The van der Waals surface area contributed by atoms with Gasteiger partial charge in [0.15, 0.2) is 5.82 Å². The molecule has 20 heavy (non-hydrogen) atoms. The fourth-order valence-electron chi connectivity index (χ4n) is 2.84. The Bertz CT molecular complexity index is 487. The van der Waals surface area contributed by atoms with E-state index in [9.17, 15) is 14.5 Å². The van der Waals surface area contributed by atoms with Gasteiger partial charge in [0.05, 0.1) is 16.7 Å². The highest BCUT2D eigenvalue weighted by atomic mass is 19.1. The molecule has 1 saturated carbocycles. The molecule has 0 bridgehead atoms. The number of nitrogens with one attached hydrogen (secondary N) is 1. The Morgan fingerprint density at radius 1 is 1.35 bits per heavy atom. The highest BCUT2D eigenvalue weighted by Crippen LogP contribution is 2.29. The van der Waals surface area contributed by atoms with Crippen molar-refractivity contribution in [2.24, 2.45) is 0 Å². The molecule has 1 fully saturated rings. The summed E-state index contributed by atoms with van der Waals surface area (Å²) in [6.45, 7) is 0. The normalized spacial score (nSPS) is 22.6. The molecule has 1 aliphatic carbocycles. The monoisotopic (exact) mass is 281 g/mol. The van der Waals surface area contributed by atoms with Gasteiger partial charge in [0.25, 0.3) is 5.69 Å². The lowest BCUT2D eigenvalue weighted by molar-refractivity contribution is -0.385. The minimum Gasteiger partial charge on any atom is -0.369 e. The van der Waals surface area contributed by atoms with Crippen molar-refractivity contribution in [2.45, 2.75) is 37.8 Å². The summed E-state index contributed by atoms with van der Waals surface area (Å²) in [5, 5.41) is 13.9. The van der Waals surface area contributed by atoms with Crippen LogP contribution in [0.5, 0.6) is 0 Å². The van der Waals surface area contributed by atoms with Crippen molar-refractivity contribution in [3.05, 3.63) is 34.1 Å². The Morgan fingerprint density at radius 3 is 2.50 bits per heavy atom. The Hall–Kier alpha value is -1.69. The number of hydrogen-bond acceptors (Lipinski definition) is 4. The Balaban J connectivity index is 2.09. The van der Waals surface area contributed by atoms with E-state index in [1.165, 1.54) is 12.1 Å². The van der Waals surface area contributed by atoms with Gasteiger partial charge in [-0.15, -0.1) is 0 Å². The van der Waals surface area contributed by atoms with Gasteiger partial charge >= 0.3 is 0 Å². The molecule has 0 spiro atoms. The second-order valence-corrected chi connectivity index (χ2v) is 5.30. The van der Waals surface area contributed by atoms with E-state index < -0.39 is 10.7 Å². The number of rotatable bonds is 4. The van der Waals surface area contributed by atoms with Gasteiger partial charge < -0.3 is 10.2 Å². The molecule has 0 saturated heterocycles. The topological polar surface area (TPSA) is 58.4 Å². The molecule has 1 aliphatic rings. The SMILES string of the molecule is CNC1CCC(N(C)c2ccc([N+](=O)[O-])cc2F)CC1. The van der Waals surface area contributed by atoms with E-state index in [1.807, 2.05) is 19.0 Å². The molecule has 0 aromatic heterocycles. The van der Waals surface area contributed by atoms with Gasteiger partial charge in [-0.05, 0) is 38.8 Å². The fourth-order valence-corrected chi connectivity index (χ4v) is 2.84. The van der Waals surface area contributed by atoms with Crippen molar-refractivity contribution in [3.63, 3.8) is 0 Å². The maximum Gasteiger partial charge on any atom is 0.272 e. The molecular formula is C14H20FN3O2. The van der Waals surface area contributed by atoms with Gasteiger partial charge in [0.1, 0.15) is 0 Å². The molecule has 6 heteroatoms. The molecule has 0 unspecified atom stereocenters. The van der Waals surface area contributed by atoms with Crippen molar-refractivity contribution < 1.29 is 9.31 Å². The first-order valence-electron chi connectivity index (χ1n) is 6.87. The summed E-state index contributed by atoms with van der Waals surface area (Å²) in [7, 11) is 3.82. The molecule has 0 heterocycles.